The van der Waals surface area contributed by atoms with Gasteiger partial charge in [0.15, 0.2) is 0 Å². The first-order valence-electron chi connectivity index (χ1n) is 15.0. The molecular formula is C36H48Si4. The average Bonchev–Trinajstić information content (AvgIpc) is 2.84. The van der Waals surface area contributed by atoms with Crippen molar-refractivity contribution in [1.29, 1.82) is 0 Å². The Balaban J connectivity index is 2.06. The monoisotopic (exact) mass is 592 g/mol. The maximum atomic E-state index is 2.67. The lowest BCUT2D eigenvalue weighted by Crippen LogP contribution is -2.57. The zero-order chi connectivity index (χ0) is 29.4. The fourth-order valence-electron chi connectivity index (χ4n) is 6.48. The van der Waals surface area contributed by atoms with Crippen LogP contribution in [0.15, 0.2) is 72.8 Å². The minimum absolute atomic E-state index is 1.36. The first-order valence-corrected chi connectivity index (χ1v) is 29.0. The molecule has 4 aromatic carbocycles. The molecule has 4 heteroatoms. The predicted octanol–water partition coefficient (Wildman–Crippen LogP) is 8.85. The summed E-state index contributed by atoms with van der Waals surface area (Å²) >= 11 is 0. The fraction of sp³-hybridized carbons (Fsp3) is 0.333. The van der Waals surface area contributed by atoms with Gasteiger partial charge in [-0.2, -0.15) is 0 Å². The molecule has 0 heterocycles. The van der Waals surface area contributed by atoms with Crippen molar-refractivity contribution in [3.8, 4) is 44.5 Å². The van der Waals surface area contributed by atoms with E-state index in [0.717, 1.165) is 0 Å². The first-order chi connectivity index (χ1) is 18.4. The van der Waals surface area contributed by atoms with Crippen LogP contribution in [-0.4, -0.2) is 32.3 Å². The Kier molecular flexibility index (Phi) is 7.06. The second-order valence-electron chi connectivity index (χ2n) is 16.0. The lowest BCUT2D eigenvalue weighted by molar-refractivity contribution is 1.53. The van der Waals surface area contributed by atoms with Crippen LogP contribution in [0.2, 0.25) is 78.6 Å². The fourth-order valence-corrected chi connectivity index (χ4v) is 16.8. The van der Waals surface area contributed by atoms with Gasteiger partial charge in [-0.25, -0.2) is 0 Å². The summed E-state index contributed by atoms with van der Waals surface area (Å²) in [5.74, 6) is 0. The third-order valence-corrected chi connectivity index (χ3v) is 17.2. The number of rotatable bonds is 4. The minimum atomic E-state index is -1.60. The molecule has 0 fully saturated rings. The van der Waals surface area contributed by atoms with Gasteiger partial charge in [0, 0.05) is 0 Å². The van der Waals surface area contributed by atoms with Crippen LogP contribution in [0.3, 0.4) is 0 Å². The van der Waals surface area contributed by atoms with Gasteiger partial charge >= 0.3 is 0 Å². The molecule has 1 aliphatic rings. The molecule has 0 nitrogen and oxygen atoms in total. The summed E-state index contributed by atoms with van der Waals surface area (Å²) in [5, 5.41) is 6.62. The average molecular weight is 593 g/mol. The standard InChI is InChI=1S/C36H48Si4/c1-37(2,3)33-21-29-27-19-15-13-17-25(27)26-18-14-16-20-28(26)30-22-34(38(4,5)6)36(40(10,11)12)24-32(30)31(29)23-35(33)39(7,8)9/h13-24H,1-12H3. The Labute approximate surface area is 248 Å². The highest BCUT2D eigenvalue weighted by Gasteiger charge is 2.34. The lowest BCUT2D eigenvalue weighted by Gasteiger charge is -2.34. The zero-order valence-electron chi connectivity index (χ0n) is 26.9. The molecule has 0 saturated carbocycles. The summed E-state index contributed by atoms with van der Waals surface area (Å²) in [7, 11) is -6.38. The van der Waals surface area contributed by atoms with Crippen LogP contribution >= 0.6 is 0 Å². The van der Waals surface area contributed by atoms with E-state index in [9.17, 15) is 0 Å². The smallest absolute Gasteiger partial charge is 0.0656 e. The summed E-state index contributed by atoms with van der Waals surface area (Å²) in [5.41, 5.74) is 11.2. The minimum Gasteiger partial charge on any atom is -0.0656 e. The van der Waals surface area contributed by atoms with Gasteiger partial charge in [-0.05, 0) is 44.5 Å². The van der Waals surface area contributed by atoms with Crippen LogP contribution in [0.1, 0.15) is 0 Å². The predicted molar refractivity (Wildman–Crippen MR) is 194 cm³/mol. The van der Waals surface area contributed by atoms with Gasteiger partial charge in [-0.3, -0.25) is 0 Å². The molecule has 0 spiro atoms. The number of fused-ring (bicyclic) bond motifs is 8. The normalized spacial score (nSPS) is 13.5. The number of benzene rings is 4. The molecule has 1 aliphatic carbocycles. The largest absolute Gasteiger partial charge is 0.0774 e. The maximum Gasteiger partial charge on any atom is 0.0774 e. The molecule has 0 amide bonds. The molecule has 0 N–H and O–H groups in total. The van der Waals surface area contributed by atoms with E-state index in [0.29, 0.717) is 0 Å². The van der Waals surface area contributed by atoms with Crippen molar-refractivity contribution in [3.63, 3.8) is 0 Å². The van der Waals surface area contributed by atoms with Crippen molar-refractivity contribution in [2.45, 2.75) is 78.6 Å². The summed E-state index contributed by atoms with van der Waals surface area (Å²) in [6, 6.07) is 29.0. The molecule has 0 unspecified atom stereocenters. The van der Waals surface area contributed by atoms with E-state index >= 15 is 0 Å². The highest BCUT2D eigenvalue weighted by atomic mass is 28.3. The number of hydrogen-bond acceptors (Lipinski definition) is 0. The van der Waals surface area contributed by atoms with E-state index in [-0.39, 0.29) is 0 Å². The van der Waals surface area contributed by atoms with Crippen LogP contribution in [-0.2, 0) is 0 Å². The molecule has 0 radical (unpaired) electrons. The van der Waals surface area contributed by atoms with Gasteiger partial charge in [0.05, 0.1) is 32.3 Å². The quantitative estimate of drug-likeness (QED) is 0.183. The van der Waals surface area contributed by atoms with Gasteiger partial charge in [0.25, 0.3) is 0 Å². The van der Waals surface area contributed by atoms with Crippen molar-refractivity contribution < 1.29 is 0 Å². The Hall–Kier alpha value is -2.25. The molecular weight excluding hydrogens is 545 g/mol. The van der Waals surface area contributed by atoms with Crippen molar-refractivity contribution in [1.82, 2.24) is 0 Å². The van der Waals surface area contributed by atoms with Crippen molar-refractivity contribution >= 4 is 53.0 Å². The highest BCUT2D eigenvalue weighted by Crippen LogP contribution is 2.47. The molecule has 0 bridgehead atoms. The van der Waals surface area contributed by atoms with E-state index in [1.54, 1.807) is 20.7 Å². The first kappa shape index (κ1) is 29.2. The van der Waals surface area contributed by atoms with Gasteiger partial charge < -0.3 is 0 Å². The molecule has 40 heavy (non-hydrogen) atoms. The topological polar surface area (TPSA) is 0 Å². The number of hydrogen-bond donors (Lipinski definition) is 0. The summed E-state index contributed by atoms with van der Waals surface area (Å²) in [6.07, 6.45) is 0. The molecule has 4 aromatic rings. The van der Waals surface area contributed by atoms with E-state index < -0.39 is 32.3 Å². The summed E-state index contributed by atoms with van der Waals surface area (Å²) in [6.45, 7) is 30.4. The van der Waals surface area contributed by atoms with Gasteiger partial charge in [-0.15, -0.1) is 0 Å². The van der Waals surface area contributed by atoms with Crippen molar-refractivity contribution in [3.05, 3.63) is 72.8 Å². The van der Waals surface area contributed by atoms with Crippen molar-refractivity contribution in [2.24, 2.45) is 0 Å². The molecule has 0 aliphatic heterocycles. The van der Waals surface area contributed by atoms with E-state index in [2.05, 4.69) is 151 Å². The Morgan fingerprint density at radius 3 is 0.650 bits per heavy atom. The molecule has 208 valence electrons. The third-order valence-electron chi connectivity index (χ3n) is 8.56. The lowest BCUT2D eigenvalue weighted by atomic mass is 9.81. The Morgan fingerprint density at radius 2 is 0.450 bits per heavy atom. The summed E-state index contributed by atoms with van der Waals surface area (Å²) < 4.78 is 0. The SMILES string of the molecule is C[Si](C)(C)c1cc2c(cc1[Si](C)(C)C)-c1cc([Si](C)(C)C)c([Si](C)(C)C)cc1-c1ccccc1-c1ccccc1-2. The Morgan fingerprint density at radius 1 is 0.275 bits per heavy atom. The van der Waals surface area contributed by atoms with Gasteiger partial charge in [0.2, 0.25) is 0 Å². The highest BCUT2D eigenvalue weighted by molar-refractivity contribution is 6.99. The molecule has 0 saturated heterocycles. The van der Waals surface area contributed by atoms with E-state index in [1.807, 2.05) is 0 Å². The van der Waals surface area contributed by atoms with Crippen LogP contribution in [0, 0.1) is 0 Å². The van der Waals surface area contributed by atoms with E-state index in [4.69, 9.17) is 0 Å². The van der Waals surface area contributed by atoms with Gasteiger partial charge in [-0.1, -0.05) is 172 Å². The third kappa shape index (κ3) is 5.13. The van der Waals surface area contributed by atoms with Crippen LogP contribution in [0.5, 0.6) is 0 Å². The second-order valence-corrected chi connectivity index (χ2v) is 36.1. The second kappa shape index (κ2) is 9.65. The van der Waals surface area contributed by atoms with E-state index in [1.165, 1.54) is 44.5 Å². The van der Waals surface area contributed by atoms with Crippen LogP contribution < -0.4 is 20.7 Å². The zero-order valence-corrected chi connectivity index (χ0v) is 30.9. The molecule has 0 aromatic heterocycles. The molecule has 0 atom stereocenters. The maximum absolute atomic E-state index is 2.67. The summed E-state index contributed by atoms with van der Waals surface area (Å²) in [4.78, 5) is 0. The molecule has 5 rings (SSSR count). The van der Waals surface area contributed by atoms with Crippen molar-refractivity contribution in [2.75, 3.05) is 0 Å². The van der Waals surface area contributed by atoms with Crippen LogP contribution in [0.25, 0.3) is 44.5 Å². The van der Waals surface area contributed by atoms with Crippen LogP contribution in [0.4, 0.5) is 0 Å². The Bertz CT molecular complexity index is 1490. The van der Waals surface area contributed by atoms with Gasteiger partial charge in [0.1, 0.15) is 0 Å².